The van der Waals surface area contributed by atoms with Gasteiger partial charge in [0.25, 0.3) is 0 Å². The zero-order valence-electron chi connectivity index (χ0n) is 22.6. The highest BCUT2D eigenvalue weighted by Gasteiger charge is 2.45. The fourth-order valence-corrected chi connectivity index (χ4v) is 4.33. The van der Waals surface area contributed by atoms with Crippen molar-refractivity contribution in [1.82, 2.24) is 0 Å². The fourth-order valence-electron chi connectivity index (χ4n) is 4.33. The molecule has 190 valence electrons. The topological polar surface area (TPSA) is 52.6 Å². The molecule has 0 N–H and O–H groups in total. The van der Waals surface area contributed by atoms with Crippen LogP contribution in [0.1, 0.15) is 106 Å². The minimum Gasteiger partial charge on any atom is -0.461 e. The highest BCUT2D eigenvalue weighted by Crippen LogP contribution is 2.39. The van der Waals surface area contributed by atoms with E-state index >= 15 is 0 Å². The standard InChI is InChI=1S/C30H46O4/c1-9-12-13-14-16-25(31)20-27(23(4)5)26(15-10-2)24(6)21-33-28(32)30(17-11-3)19-18-29(7,8)34-22-30/h3,9,12H,10,13-22H2,1-2,4-8H3/b12-9-,26-24+. The average Bonchev–Trinajstić information content (AvgIpc) is 2.78. The summed E-state index contributed by atoms with van der Waals surface area (Å²) in [6.45, 7) is 14.8. The molecule has 1 fully saturated rings. The maximum atomic E-state index is 13.2. The molecule has 0 amide bonds. The van der Waals surface area contributed by atoms with Crippen molar-refractivity contribution in [2.75, 3.05) is 13.2 Å². The summed E-state index contributed by atoms with van der Waals surface area (Å²) in [5.41, 5.74) is 3.35. The summed E-state index contributed by atoms with van der Waals surface area (Å²) in [6, 6.07) is 0. The second kappa shape index (κ2) is 14.3. The van der Waals surface area contributed by atoms with Gasteiger partial charge in [0.05, 0.1) is 12.2 Å². The van der Waals surface area contributed by atoms with Gasteiger partial charge in [-0.15, -0.1) is 12.3 Å². The highest BCUT2D eigenvalue weighted by atomic mass is 16.5. The molecule has 0 aromatic heterocycles. The maximum absolute atomic E-state index is 13.2. The molecule has 1 atom stereocenters. The third-order valence-electron chi connectivity index (χ3n) is 6.66. The van der Waals surface area contributed by atoms with E-state index in [1.807, 2.05) is 33.8 Å². The molecule has 1 saturated heterocycles. The molecule has 1 unspecified atom stereocenters. The number of allylic oxidation sites excluding steroid dienone is 5. The van der Waals surface area contributed by atoms with Crippen molar-refractivity contribution in [2.45, 2.75) is 112 Å². The van der Waals surface area contributed by atoms with E-state index in [4.69, 9.17) is 15.9 Å². The van der Waals surface area contributed by atoms with Crippen LogP contribution in [0.4, 0.5) is 0 Å². The Morgan fingerprint density at radius 2 is 1.82 bits per heavy atom. The van der Waals surface area contributed by atoms with Crippen molar-refractivity contribution < 1.29 is 19.1 Å². The van der Waals surface area contributed by atoms with E-state index in [2.05, 4.69) is 32.8 Å². The Labute approximate surface area is 208 Å². The largest absolute Gasteiger partial charge is 0.461 e. The van der Waals surface area contributed by atoms with Crippen molar-refractivity contribution in [3.05, 3.63) is 34.4 Å². The van der Waals surface area contributed by atoms with Crippen molar-refractivity contribution in [3.63, 3.8) is 0 Å². The van der Waals surface area contributed by atoms with Gasteiger partial charge in [-0.05, 0) is 90.4 Å². The molecule has 1 aliphatic heterocycles. The first-order chi connectivity index (χ1) is 16.0. The third-order valence-corrected chi connectivity index (χ3v) is 6.66. The molecule has 0 aliphatic carbocycles. The van der Waals surface area contributed by atoms with E-state index in [9.17, 15) is 9.59 Å². The van der Waals surface area contributed by atoms with Crippen LogP contribution in [-0.4, -0.2) is 30.6 Å². The SMILES string of the molecule is C#CCC1(C(=O)OC/C(C)=C(\CCC)C(CC(=O)CCC/C=C\C)=C(C)C)CCC(C)(C)OC1. The van der Waals surface area contributed by atoms with E-state index < -0.39 is 5.41 Å². The van der Waals surface area contributed by atoms with E-state index in [1.54, 1.807) is 0 Å². The van der Waals surface area contributed by atoms with E-state index in [0.717, 1.165) is 54.4 Å². The smallest absolute Gasteiger partial charge is 0.315 e. The number of carbonyl (C=O) groups excluding carboxylic acids is 2. The summed E-state index contributed by atoms with van der Waals surface area (Å²) in [5.74, 6) is 2.63. The van der Waals surface area contributed by atoms with Gasteiger partial charge in [-0.3, -0.25) is 9.59 Å². The number of terminal acetylenes is 1. The molecule has 0 aromatic carbocycles. The fraction of sp³-hybridized carbons (Fsp3) is 0.667. The van der Waals surface area contributed by atoms with Crippen molar-refractivity contribution in [1.29, 1.82) is 0 Å². The Hall–Kier alpha value is -2.12. The van der Waals surface area contributed by atoms with Gasteiger partial charge < -0.3 is 9.47 Å². The zero-order valence-corrected chi connectivity index (χ0v) is 22.6. The number of ketones is 1. The first kappa shape index (κ1) is 29.9. The minimum atomic E-state index is -0.780. The number of unbranched alkanes of at least 4 members (excludes halogenated alkanes) is 1. The normalized spacial score (nSPS) is 20.4. The Kier molecular flexibility index (Phi) is 12.6. The van der Waals surface area contributed by atoms with Crippen LogP contribution in [0.5, 0.6) is 0 Å². The summed E-state index contributed by atoms with van der Waals surface area (Å²) < 4.78 is 11.8. The van der Waals surface area contributed by atoms with Gasteiger partial charge in [-0.1, -0.05) is 31.1 Å². The summed E-state index contributed by atoms with van der Waals surface area (Å²) >= 11 is 0. The van der Waals surface area contributed by atoms with Gasteiger partial charge in [0.15, 0.2) is 0 Å². The summed E-state index contributed by atoms with van der Waals surface area (Å²) in [5, 5.41) is 0. The number of hydrogen-bond donors (Lipinski definition) is 0. The summed E-state index contributed by atoms with van der Waals surface area (Å²) in [6.07, 6.45) is 16.1. The van der Waals surface area contributed by atoms with Crippen molar-refractivity contribution in [2.24, 2.45) is 5.41 Å². The summed E-state index contributed by atoms with van der Waals surface area (Å²) in [4.78, 5) is 25.9. The van der Waals surface area contributed by atoms with Gasteiger partial charge in [-0.25, -0.2) is 0 Å². The lowest BCUT2D eigenvalue weighted by Gasteiger charge is -2.41. The minimum absolute atomic E-state index is 0.205. The molecule has 4 heteroatoms. The van der Waals surface area contributed by atoms with Crippen LogP contribution in [0.15, 0.2) is 34.4 Å². The lowest BCUT2D eigenvalue weighted by Crippen LogP contribution is -2.46. The Balaban J connectivity index is 2.99. The van der Waals surface area contributed by atoms with Crippen LogP contribution in [-0.2, 0) is 19.1 Å². The lowest BCUT2D eigenvalue weighted by molar-refractivity contribution is -0.174. The van der Waals surface area contributed by atoms with Crippen LogP contribution >= 0.6 is 0 Å². The van der Waals surface area contributed by atoms with Crippen LogP contribution in [0.3, 0.4) is 0 Å². The Morgan fingerprint density at radius 1 is 1.12 bits per heavy atom. The molecule has 0 saturated carbocycles. The molecule has 0 aromatic rings. The van der Waals surface area contributed by atoms with Crippen LogP contribution in [0.2, 0.25) is 0 Å². The molecular formula is C30H46O4. The van der Waals surface area contributed by atoms with Gasteiger partial charge >= 0.3 is 5.97 Å². The molecule has 4 nitrogen and oxygen atoms in total. The number of esters is 1. The van der Waals surface area contributed by atoms with Gasteiger partial charge in [0.2, 0.25) is 0 Å². The highest BCUT2D eigenvalue weighted by molar-refractivity contribution is 5.82. The molecule has 34 heavy (non-hydrogen) atoms. The number of carbonyl (C=O) groups is 2. The third kappa shape index (κ3) is 9.26. The first-order valence-corrected chi connectivity index (χ1v) is 12.7. The van der Waals surface area contributed by atoms with Crippen LogP contribution in [0.25, 0.3) is 0 Å². The molecule has 0 radical (unpaired) electrons. The molecule has 1 heterocycles. The maximum Gasteiger partial charge on any atom is 0.315 e. The zero-order chi connectivity index (χ0) is 25.8. The monoisotopic (exact) mass is 470 g/mol. The molecule has 0 bridgehead atoms. The van der Waals surface area contributed by atoms with Gasteiger partial charge in [-0.2, -0.15) is 0 Å². The van der Waals surface area contributed by atoms with E-state index in [1.165, 1.54) is 0 Å². The average molecular weight is 471 g/mol. The lowest BCUT2D eigenvalue weighted by atomic mass is 9.76. The van der Waals surface area contributed by atoms with Gasteiger partial charge in [0, 0.05) is 19.3 Å². The van der Waals surface area contributed by atoms with Crippen LogP contribution < -0.4 is 0 Å². The number of hydrogen-bond acceptors (Lipinski definition) is 4. The molecule has 1 aliphatic rings. The Bertz CT molecular complexity index is 818. The van der Waals surface area contributed by atoms with E-state index in [0.29, 0.717) is 25.7 Å². The molecule has 1 rings (SSSR count). The van der Waals surface area contributed by atoms with Gasteiger partial charge in [0.1, 0.15) is 17.8 Å². The predicted octanol–water partition coefficient (Wildman–Crippen LogP) is 7.29. The Morgan fingerprint density at radius 3 is 2.35 bits per heavy atom. The summed E-state index contributed by atoms with van der Waals surface area (Å²) in [7, 11) is 0. The first-order valence-electron chi connectivity index (χ1n) is 12.7. The number of ether oxygens (including phenoxy) is 2. The second-order valence-electron chi connectivity index (χ2n) is 10.4. The van der Waals surface area contributed by atoms with E-state index in [-0.39, 0.29) is 30.6 Å². The van der Waals surface area contributed by atoms with Crippen molar-refractivity contribution in [3.8, 4) is 12.3 Å². The quantitative estimate of drug-likeness (QED) is 0.0932. The molecule has 0 spiro atoms. The number of rotatable bonds is 13. The van der Waals surface area contributed by atoms with Crippen molar-refractivity contribution >= 4 is 11.8 Å². The number of Topliss-reactive ketones (excluding diaryl/α,β-unsaturated/α-hetero) is 1. The predicted molar refractivity (Wildman–Crippen MR) is 140 cm³/mol. The molecular weight excluding hydrogens is 424 g/mol. The van der Waals surface area contributed by atoms with Crippen LogP contribution in [0, 0.1) is 17.8 Å². The second-order valence-corrected chi connectivity index (χ2v) is 10.4.